The van der Waals surface area contributed by atoms with Crippen molar-refractivity contribution in [2.24, 2.45) is 23.0 Å². The SMILES string of the molecule is CC(C)(C)C1CCc2[nH]nc(C(=O)NCCCN3CCC(C(N)=O)CC3)c2C1. The molecule has 2 amide bonds. The van der Waals surface area contributed by atoms with E-state index in [1.807, 2.05) is 0 Å². The summed E-state index contributed by atoms with van der Waals surface area (Å²) < 4.78 is 0. The zero-order valence-electron chi connectivity index (χ0n) is 17.5. The summed E-state index contributed by atoms with van der Waals surface area (Å²) in [7, 11) is 0. The van der Waals surface area contributed by atoms with E-state index in [1.54, 1.807) is 0 Å². The number of H-pyrrole nitrogens is 1. The molecule has 7 nitrogen and oxygen atoms in total. The first-order chi connectivity index (χ1) is 13.3. The molecule has 7 heteroatoms. The van der Waals surface area contributed by atoms with Crippen molar-refractivity contribution in [1.82, 2.24) is 20.4 Å². The van der Waals surface area contributed by atoms with E-state index in [1.165, 1.54) is 0 Å². The van der Waals surface area contributed by atoms with Crippen LogP contribution in [0, 0.1) is 17.3 Å². The number of primary amides is 1. The number of hydrogen-bond acceptors (Lipinski definition) is 4. The lowest BCUT2D eigenvalue weighted by molar-refractivity contribution is -0.123. The number of carbonyl (C=O) groups is 2. The predicted molar refractivity (Wildman–Crippen MR) is 109 cm³/mol. The minimum atomic E-state index is -0.178. The van der Waals surface area contributed by atoms with Gasteiger partial charge in [0, 0.05) is 23.7 Å². The third-order valence-electron chi connectivity index (χ3n) is 6.51. The molecule has 1 saturated heterocycles. The summed E-state index contributed by atoms with van der Waals surface area (Å²) in [5, 5.41) is 10.4. The molecule has 0 radical (unpaired) electrons. The highest BCUT2D eigenvalue weighted by Gasteiger charge is 2.32. The van der Waals surface area contributed by atoms with Crippen molar-refractivity contribution in [3.05, 3.63) is 17.0 Å². The largest absolute Gasteiger partial charge is 0.369 e. The molecule has 1 aliphatic carbocycles. The van der Waals surface area contributed by atoms with Gasteiger partial charge in [0.25, 0.3) is 5.91 Å². The quantitative estimate of drug-likeness (QED) is 0.646. The van der Waals surface area contributed by atoms with Crippen LogP contribution in [-0.2, 0) is 17.6 Å². The molecule has 0 spiro atoms. The van der Waals surface area contributed by atoms with Gasteiger partial charge in [-0.3, -0.25) is 14.7 Å². The molecule has 0 saturated carbocycles. The van der Waals surface area contributed by atoms with Crippen LogP contribution < -0.4 is 11.1 Å². The number of fused-ring (bicyclic) bond motifs is 1. The number of hydrogen-bond donors (Lipinski definition) is 3. The first kappa shape index (κ1) is 20.8. The molecule has 3 rings (SSSR count). The molecule has 2 heterocycles. The molecular formula is C21H35N5O2. The van der Waals surface area contributed by atoms with Gasteiger partial charge >= 0.3 is 0 Å². The smallest absolute Gasteiger partial charge is 0.272 e. The summed E-state index contributed by atoms with van der Waals surface area (Å²) in [5.74, 6) is 0.355. The van der Waals surface area contributed by atoms with E-state index in [9.17, 15) is 9.59 Å². The van der Waals surface area contributed by atoms with Crippen LogP contribution in [0.5, 0.6) is 0 Å². The molecule has 0 bridgehead atoms. The Kier molecular flexibility index (Phi) is 6.43. The van der Waals surface area contributed by atoms with Gasteiger partial charge in [-0.15, -0.1) is 0 Å². The van der Waals surface area contributed by atoms with Gasteiger partial charge in [0.05, 0.1) is 0 Å². The molecule has 1 aliphatic heterocycles. The molecule has 1 fully saturated rings. The topological polar surface area (TPSA) is 104 Å². The van der Waals surface area contributed by atoms with E-state index >= 15 is 0 Å². The van der Waals surface area contributed by atoms with E-state index < -0.39 is 0 Å². The summed E-state index contributed by atoms with van der Waals surface area (Å²) in [4.78, 5) is 26.2. The number of likely N-dealkylation sites (tertiary alicyclic amines) is 1. The molecular weight excluding hydrogens is 354 g/mol. The van der Waals surface area contributed by atoms with E-state index in [0.29, 0.717) is 18.2 Å². The maximum absolute atomic E-state index is 12.6. The Morgan fingerprint density at radius 2 is 1.96 bits per heavy atom. The van der Waals surface area contributed by atoms with E-state index in [4.69, 9.17) is 5.73 Å². The highest BCUT2D eigenvalue weighted by atomic mass is 16.2. The number of carbonyl (C=O) groups excluding carboxylic acids is 2. The van der Waals surface area contributed by atoms with Crippen molar-refractivity contribution in [1.29, 1.82) is 0 Å². The third kappa shape index (κ3) is 4.93. The van der Waals surface area contributed by atoms with Crippen LogP contribution in [0.3, 0.4) is 0 Å². The molecule has 0 aromatic carbocycles. The standard InChI is InChI=1S/C21H35N5O2/c1-21(2,3)15-5-6-17-16(13-15)18(25-24-17)20(28)23-9-4-10-26-11-7-14(8-12-26)19(22)27/h14-15H,4-13H2,1-3H3,(H2,22,27)(H,23,28)(H,24,25). The van der Waals surface area contributed by atoms with Gasteiger partial charge in [0.15, 0.2) is 5.69 Å². The molecule has 4 N–H and O–H groups in total. The number of nitrogens with two attached hydrogens (primary N) is 1. The zero-order valence-corrected chi connectivity index (χ0v) is 17.5. The van der Waals surface area contributed by atoms with Crippen LogP contribution in [0.25, 0.3) is 0 Å². The lowest BCUT2D eigenvalue weighted by Crippen LogP contribution is -2.39. The van der Waals surface area contributed by atoms with Crippen LogP contribution in [0.4, 0.5) is 0 Å². The number of nitrogens with zero attached hydrogens (tertiary/aromatic N) is 2. The lowest BCUT2D eigenvalue weighted by Gasteiger charge is -2.33. The Morgan fingerprint density at radius 1 is 1.25 bits per heavy atom. The average molecular weight is 390 g/mol. The number of aryl methyl sites for hydroxylation is 1. The van der Waals surface area contributed by atoms with E-state index in [-0.39, 0.29) is 23.1 Å². The molecule has 1 unspecified atom stereocenters. The average Bonchev–Trinajstić information content (AvgIpc) is 3.08. The van der Waals surface area contributed by atoms with Crippen LogP contribution >= 0.6 is 0 Å². The fraction of sp³-hybridized carbons (Fsp3) is 0.762. The van der Waals surface area contributed by atoms with Crippen molar-refractivity contribution < 1.29 is 9.59 Å². The van der Waals surface area contributed by atoms with Gasteiger partial charge in [-0.05, 0) is 69.5 Å². The van der Waals surface area contributed by atoms with Crippen molar-refractivity contribution in [2.75, 3.05) is 26.2 Å². The number of piperidine rings is 1. The fourth-order valence-corrected chi connectivity index (χ4v) is 4.45. The Morgan fingerprint density at radius 3 is 2.61 bits per heavy atom. The van der Waals surface area contributed by atoms with Gasteiger partial charge in [-0.2, -0.15) is 5.10 Å². The fourth-order valence-electron chi connectivity index (χ4n) is 4.45. The van der Waals surface area contributed by atoms with Crippen molar-refractivity contribution in [3.8, 4) is 0 Å². The van der Waals surface area contributed by atoms with Crippen LogP contribution in [0.2, 0.25) is 0 Å². The van der Waals surface area contributed by atoms with Gasteiger partial charge in [0.2, 0.25) is 5.91 Å². The van der Waals surface area contributed by atoms with Gasteiger partial charge in [0.1, 0.15) is 0 Å². The number of aromatic nitrogens is 2. The van der Waals surface area contributed by atoms with Gasteiger partial charge in [-0.25, -0.2) is 0 Å². The van der Waals surface area contributed by atoms with Crippen LogP contribution in [-0.4, -0.2) is 53.1 Å². The molecule has 28 heavy (non-hydrogen) atoms. The first-order valence-corrected chi connectivity index (χ1v) is 10.6. The number of rotatable bonds is 6. The Labute approximate surface area is 167 Å². The molecule has 1 atom stereocenters. The number of amides is 2. The maximum Gasteiger partial charge on any atom is 0.272 e. The minimum Gasteiger partial charge on any atom is -0.369 e. The van der Waals surface area contributed by atoms with E-state index in [0.717, 1.165) is 69.4 Å². The number of nitrogens with one attached hydrogen (secondary N) is 2. The molecule has 156 valence electrons. The molecule has 1 aromatic heterocycles. The van der Waals surface area contributed by atoms with Gasteiger partial charge in [-0.1, -0.05) is 20.8 Å². The summed E-state index contributed by atoms with van der Waals surface area (Å²) >= 11 is 0. The van der Waals surface area contributed by atoms with Crippen molar-refractivity contribution in [3.63, 3.8) is 0 Å². The monoisotopic (exact) mass is 389 g/mol. The second kappa shape index (κ2) is 8.64. The highest BCUT2D eigenvalue weighted by molar-refractivity contribution is 5.94. The Balaban J connectivity index is 1.44. The van der Waals surface area contributed by atoms with E-state index in [2.05, 4.69) is 41.2 Å². The van der Waals surface area contributed by atoms with Crippen LogP contribution in [0.1, 0.15) is 68.2 Å². The zero-order chi connectivity index (χ0) is 20.3. The minimum absolute atomic E-state index is 0.0266. The third-order valence-corrected chi connectivity index (χ3v) is 6.51. The Bertz CT molecular complexity index is 698. The maximum atomic E-state index is 12.6. The first-order valence-electron chi connectivity index (χ1n) is 10.6. The number of aromatic amines is 1. The summed E-state index contributed by atoms with van der Waals surface area (Å²) in [6.07, 6.45) is 5.62. The molecule has 2 aliphatic rings. The normalized spacial score (nSPS) is 21.3. The van der Waals surface area contributed by atoms with Crippen molar-refractivity contribution in [2.45, 2.75) is 59.3 Å². The summed E-state index contributed by atoms with van der Waals surface area (Å²) in [5.41, 5.74) is 8.43. The highest BCUT2D eigenvalue weighted by Crippen LogP contribution is 2.37. The lowest BCUT2D eigenvalue weighted by atomic mass is 9.71. The Hall–Kier alpha value is -1.89. The summed E-state index contributed by atoms with van der Waals surface area (Å²) in [6, 6.07) is 0. The predicted octanol–water partition coefficient (Wildman–Crippen LogP) is 1.88. The van der Waals surface area contributed by atoms with Crippen LogP contribution in [0.15, 0.2) is 0 Å². The van der Waals surface area contributed by atoms with Crippen molar-refractivity contribution >= 4 is 11.8 Å². The van der Waals surface area contributed by atoms with Gasteiger partial charge < -0.3 is 16.0 Å². The second-order valence-electron chi connectivity index (χ2n) is 9.46. The summed E-state index contributed by atoms with van der Waals surface area (Å²) in [6.45, 7) is 10.2. The molecule has 1 aromatic rings. The second-order valence-corrected chi connectivity index (χ2v) is 9.46.